The van der Waals surface area contributed by atoms with E-state index in [1.165, 1.54) is 5.56 Å². The van der Waals surface area contributed by atoms with E-state index in [2.05, 4.69) is 46.0 Å². The van der Waals surface area contributed by atoms with E-state index < -0.39 is 0 Å². The van der Waals surface area contributed by atoms with E-state index in [1.54, 1.807) is 0 Å². The maximum atomic E-state index is 5.97. The van der Waals surface area contributed by atoms with Crippen molar-refractivity contribution < 1.29 is 4.74 Å². The average Bonchev–Trinajstić information content (AvgIpc) is 2.40. The second-order valence-corrected chi connectivity index (χ2v) is 5.62. The second kappa shape index (κ2) is 6.66. The third kappa shape index (κ3) is 3.32. The monoisotopic (exact) mass is 312 g/mol. The van der Waals surface area contributed by atoms with E-state index in [-0.39, 0.29) is 0 Å². The van der Waals surface area contributed by atoms with Crippen LogP contribution in [0, 0.1) is 0 Å². The molecule has 1 aromatic carbocycles. The summed E-state index contributed by atoms with van der Waals surface area (Å²) >= 11 is 3.53. The van der Waals surface area contributed by atoms with Crippen LogP contribution in [-0.4, -0.2) is 37.2 Å². The predicted octanol–water partition coefficient (Wildman–Crippen LogP) is 2.56. The molecule has 2 rings (SSSR count). The van der Waals surface area contributed by atoms with Gasteiger partial charge >= 0.3 is 0 Å². The molecule has 1 fully saturated rings. The molecule has 4 heteroatoms. The Hall–Kier alpha value is -0.420. The van der Waals surface area contributed by atoms with Crippen LogP contribution in [0.15, 0.2) is 28.7 Å². The fourth-order valence-electron chi connectivity index (χ4n) is 2.48. The topological polar surface area (TPSA) is 38.5 Å². The highest BCUT2D eigenvalue weighted by Crippen LogP contribution is 2.25. The van der Waals surface area contributed by atoms with Crippen LogP contribution in [0.25, 0.3) is 0 Å². The molecule has 0 aromatic heterocycles. The quantitative estimate of drug-likeness (QED) is 0.928. The molecule has 0 amide bonds. The molecule has 100 valence electrons. The van der Waals surface area contributed by atoms with Gasteiger partial charge in [-0.15, -0.1) is 0 Å². The summed E-state index contributed by atoms with van der Waals surface area (Å²) in [6.45, 7) is 5.57. The fourth-order valence-corrected chi connectivity index (χ4v) is 2.90. The second-order valence-electron chi connectivity index (χ2n) is 4.70. The lowest BCUT2D eigenvalue weighted by atomic mass is 10.0. The largest absolute Gasteiger partial charge is 0.376 e. The normalized spacial score (nSPS) is 22.9. The van der Waals surface area contributed by atoms with Crippen LogP contribution < -0.4 is 5.73 Å². The Morgan fingerprint density at radius 2 is 2.39 bits per heavy atom. The van der Waals surface area contributed by atoms with Crippen molar-refractivity contribution in [2.45, 2.75) is 25.5 Å². The minimum absolute atomic E-state index is 0.292. The number of hydrogen-bond donors (Lipinski definition) is 1. The molecule has 0 bridgehead atoms. The molecule has 1 saturated heterocycles. The number of nitrogens with two attached hydrogens (primary N) is 1. The third-order valence-electron chi connectivity index (χ3n) is 3.52. The number of halogens is 1. The maximum absolute atomic E-state index is 5.97. The van der Waals surface area contributed by atoms with Gasteiger partial charge < -0.3 is 10.5 Å². The summed E-state index contributed by atoms with van der Waals surface area (Å²) in [7, 11) is 0. The molecule has 2 unspecified atom stereocenters. The van der Waals surface area contributed by atoms with Crippen molar-refractivity contribution in [3.05, 3.63) is 34.3 Å². The number of ether oxygens (including phenoxy) is 1. The molecular weight excluding hydrogens is 292 g/mol. The zero-order valence-electron chi connectivity index (χ0n) is 10.8. The molecule has 2 N–H and O–H groups in total. The zero-order chi connectivity index (χ0) is 13.0. The smallest absolute Gasteiger partial charge is 0.0700 e. The SMILES string of the molecule is CCC1CN(C(CN)c2cccc(Br)c2)CCO1. The highest BCUT2D eigenvalue weighted by molar-refractivity contribution is 9.10. The van der Waals surface area contributed by atoms with Gasteiger partial charge in [-0.2, -0.15) is 0 Å². The molecule has 0 aliphatic carbocycles. The Morgan fingerprint density at radius 1 is 1.56 bits per heavy atom. The first-order valence-electron chi connectivity index (χ1n) is 6.55. The van der Waals surface area contributed by atoms with Crippen molar-refractivity contribution in [1.82, 2.24) is 4.90 Å². The Bertz CT molecular complexity index is 386. The van der Waals surface area contributed by atoms with Crippen LogP contribution >= 0.6 is 15.9 Å². The highest BCUT2D eigenvalue weighted by Gasteiger charge is 2.25. The fraction of sp³-hybridized carbons (Fsp3) is 0.571. The minimum atomic E-state index is 0.292. The number of nitrogens with zero attached hydrogens (tertiary/aromatic N) is 1. The van der Waals surface area contributed by atoms with Gasteiger partial charge in [-0.1, -0.05) is 35.0 Å². The maximum Gasteiger partial charge on any atom is 0.0700 e. The lowest BCUT2D eigenvalue weighted by Crippen LogP contribution is -2.46. The van der Waals surface area contributed by atoms with Crippen molar-refractivity contribution in [2.75, 3.05) is 26.2 Å². The molecule has 1 aliphatic heterocycles. The van der Waals surface area contributed by atoms with Crippen LogP contribution in [0.1, 0.15) is 24.9 Å². The van der Waals surface area contributed by atoms with Gasteiger partial charge in [0.05, 0.1) is 12.7 Å². The summed E-state index contributed by atoms with van der Waals surface area (Å²) in [6.07, 6.45) is 1.41. The Kier molecular flexibility index (Phi) is 5.18. The van der Waals surface area contributed by atoms with E-state index in [1.807, 2.05) is 6.07 Å². The molecule has 1 aliphatic rings. The van der Waals surface area contributed by atoms with Gasteiger partial charge in [-0.05, 0) is 24.1 Å². The lowest BCUT2D eigenvalue weighted by molar-refractivity contribution is -0.0437. The molecule has 0 radical (unpaired) electrons. The molecule has 1 heterocycles. The van der Waals surface area contributed by atoms with Crippen LogP contribution in [0.4, 0.5) is 0 Å². The molecular formula is C14H21BrN2O. The molecule has 18 heavy (non-hydrogen) atoms. The zero-order valence-corrected chi connectivity index (χ0v) is 12.4. The standard InChI is InChI=1S/C14H21BrN2O/c1-2-13-10-17(6-7-18-13)14(9-16)11-4-3-5-12(15)8-11/h3-5,8,13-14H,2,6-7,9-10,16H2,1H3. The number of rotatable bonds is 4. The molecule has 3 nitrogen and oxygen atoms in total. The van der Waals surface area contributed by atoms with Crippen molar-refractivity contribution in [3.8, 4) is 0 Å². The highest BCUT2D eigenvalue weighted by atomic mass is 79.9. The summed E-state index contributed by atoms with van der Waals surface area (Å²) < 4.78 is 6.83. The van der Waals surface area contributed by atoms with Crippen LogP contribution in [0.3, 0.4) is 0 Å². The third-order valence-corrected chi connectivity index (χ3v) is 4.02. The van der Waals surface area contributed by atoms with Crippen molar-refractivity contribution in [2.24, 2.45) is 5.73 Å². The van der Waals surface area contributed by atoms with Gasteiger partial charge in [0, 0.05) is 30.1 Å². The molecule has 2 atom stereocenters. The van der Waals surface area contributed by atoms with E-state index in [0.29, 0.717) is 18.7 Å². The van der Waals surface area contributed by atoms with E-state index in [0.717, 1.165) is 30.6 Å². The number of hydrogen-bond acceptors (Lipinski definition) is 3. The van der Waals surface area contributed by atoms with Crippen LogP contribution in [0.5, 0.6) is 0 Å². The van der Waals surface area contributed by atoms with Crippen LogP contribution in [0.2, 0.25) is 0 Å². The van der Waals surface area contributed by atoms with E-state index in [9.17, 15) is 0 Å². The Morgan fingerprint density at radius 3 is 3.06 bits per heavy atom. The molecule has 1 aromatic rings. The Labute approximate surface area is 117 Å². The summed E-state index contributed by atoms with van der Waals surface area (Å²) in [4.78, 5) is 2.44. The number of morpholine rings is 1. The first-order valence-corrected chi connectivity index (χ1v) is 7.35. The summed E-state index contributed by atoms with van der Waals surface area (Å²) in [5.74, 6) is 0. The van der Waals surface area contributed by atoms with Gasteiger partial charge in [-0.25, -0.2) is 0 Å². The Balaban J connectivity index is 2.12. The predicted molar refractivity (Wildman–Crippen MR) is 77.5 cm³/mol. The summed E-state index contributed by atoms with van der Waals surface area (Å²) in [6, 6.07) is 8.72. The summed E-state index contributed by atoms with van der Waals surface area (Å²) in [5.41, 5.74) is 7.26. The van der Waals surface area contributed by atoms with Gasteiger partial charge in [0.1, 0.15) is 0 Å². The van der Waals surface area contributed by atoms with E-state index in [4.69, 9.17) is 10.5 Å². The first-order chi connectivity index (χ1) is 8.74. The van der Waals surface area contributed by atoms with Gasteiger partial charge in [0.15, 0.2) is 0 Å². The minimum Gasteiger partial charge on any atom is -0.376 e. The van der Waals surface area contributed by atoms with Crippen molar-refractivity contribution in [3.63, 3.8) is 0 Å². The van der Waals surface area contributed by atoms with Gasteiger partial charge in [0.25, 0.3) is 0 Å². The van der Waals surface area contributed by atoms with Crippen molar-refractivity contribution >= 4 is 15.9 Å². The van der Waals surface area contributed by atoms with Gasteiger partial charge in [0.2, 0.25) is 0 Å². The van der Waals surface area contributed by atoms with Gasteiger partial charge in [-0.3, -0.25) is 4.90 Å². The lowest BCUT2D eigenvalue weighted by Gasteiger charge is -2.38. The average molecular weight is 313 g/mol. The van der Waals surface area contributed by atoms with E-state index >= 15 is 0 Å². The van der Waals surface area contributed by atoms with Crippen molar-refractivity contribution in [1.29, 1.82) is 0 Å². The first kappa shape index (κ1) is 14.0. The van der Waals surface area contributed by atoms with Crippen LogP contribution in [-0.2, 0) is 4.74 Å². The molecule has 0 saturated carbocycles. The molecule has 0 spiro atoms. The number of benzene rings is 1. The summed E-state index contributed by atoms with van der Waals surface area (Å²) in [5, 5.41) is 0.